The molecule has 0 saturated carbocycles. The lowest BCUT2D eigenvalue weighted by molar-refractivity contribution is -0.112. The highest BCUT2D eigenvalue weighted by molar-refractivity contribution is 7.85. The van der Waals surface area contributed by atoms with Gasteiger partial charge in [0.05, 0.1) is 4.90 Å². The van der Waals surface area contributed by atoms with Crippen molar-refractivity contribution in [3.8, 4) is 6.07 Å². The third kappa shape index (κ3) is 5.17. The molecule has 27 heavy (non-hydrogen) atoms. The molecule has 0 aliphatic carbocycles. The molecule has 2 aromatic carbocycles. The average Bonchev–Trinajstić information content (AvgIpc) is 2.58. The normalized spacial score (nSPS) is 11.6. The fourth-order valence-electron chi connectivity index (χ4n) is 2.61. The van der Waals surface area contributed by atoms with Crippen molar-refractivity contribution >= 4 is 27.4 Å². The van der Waals surface area contributed by atoms with Gasteiger partial charge in [0.1, 0.15) is 11.6 Å². The molecule has 0 radical (unpaired) electrons. The lowest BCUT2D eigenvalue weighted by Gasteiger charge is -2.12. The lowest BCUT2D eigenvalue weighted by Crippen LogP contribution is -2.16. The highest BCUT2D eigenvalue weighted by Crippen LogP contribution is 2.22. The Morgan fingerprint density at radius 1 is 1.15 bits per heavy atom. The first kappa shape index (κ1) is 20.2. The van der Waals surface area contributed by atoms with E-state index in [1.807, 2.05) is 32.9 Å². The maximum Gasteiger partial charge on any atom is 0.294 e. The third-order valence-electron chi connectivity index (χ3n) is 3.80. The summed E-state index contributed by atoms with van der Waals surface area (Å²) in [7, 11) is -4.34. The van der Waals surface area contributed by atoms with E-state index >= 15 is 0 Å². The molecule has 0 aromatic heterocycles. The van der Waals surface area contributed by atoms with Crippen LogP contribution < -0.4 is 10.6 Å². The van der Waals surface area contributed by atoms with Gasteiger partial charge in [-0.15, -0.1) is 0 Å². The Balaban J connectivity index is 2.22. The summed E-state index contributed by atoms with van der Waals surface area (Å²) in [6.07, 6.45) is 1.18. The summed E-state index contributed by atoms with van der Waals surface area (Å²) < 4.78 is 31.4. The van der Waals surface area contributed by atoms with E-state index < -0.39 is 16.0 Å². The van der Waals surface area contributed by atoms with E-state index in [0.717, 1.165) is 16.7 Å². The van der Waals surface area contributed by atoms with Gasteiger partial charge in [-0.2, -0.15) is 13.7 Å². The first-order valence-electron chi connectivity index (χ1n) is 7.95. The van der Waals surface area contributed by atoms with Gasteiger partial charge in [0.15, 0.2) is 0 Å². The Kier molecular flexibility index (Phi) is 6.00. The smallest absolute Gasteiger partial charge is 0.294 e. The molecule has 0 aliphatic heterocycles. The van der Waals surface area contributed by atoms with Crippen LogP contribution in [0.25, 0.3) is 0 Å². The standard InChI is InChI=1S/C19H19N3O4S/c1-12-7-13(2)18(14(3)8-12)22-19(23)15(10-20)11-21-16-5-4-6-17(9-16)27(24,25)26/h4-9,11,21H,1-3H3,(H,22,23)(H,24,25,26)/b15-11-. The van der Waals surface area contributed by atoms with E-state index in [-0.39, 0.29) is 10.5 Å². The molecule has 3 N–H and O–H groups in total. The largest absolute Gasteiger partial charge is 0.360 e. The van der Waals surface area contributed by atoms with Crippen molar-refractivity contribution in [2.75, 3.05) is 10.6 Å². The van der Waals surface area contributed by atoms with Crippen molar-refractivity contribution in [2.45, 2.75) is 25.7 Å². The van der Waals surface area contributed by atoms with Crippen LogP contribution in [-0.2, 0) is 14.9 Å². The van der Waals surface area contributed by atoms with Gasteiger partial charge in [0.25, 0.3) is 16.0 Å². The van der Waals surface area contributed by atoms with Gasteiger partial charge in [-0.1, -0.05) is 23.8 Å². The number of nitriles is 1. The maximum absolute atomic E-state index is 12.4. The van der Waals surface area contributed by atoms with Crippen LogP contribution in [0.1, 0.15) is 16.7 Å². The molecule has 0 unspecified atom stereocenters. The number of aryl methyl sites for hydroxylation is 3. The van der Waals surface area contributed by atoms with E-state index in [2.05, 4.69) is 10.6 Å². The number of hydrogen-bond acceptors (Lipinski definition) is 5. The summed E-state index contributed by atoms with van der Waals surface area (Å²) >= 11 is 0. The van der Waals surface area contributed by atoms with Gasteiger partial charge < -0.3 is 10.6 Å². The summed E-state index contributed by atoms with van der Waals surface area (Å²) in [4.78, 5) is 12.1. The predicted octanol–water partition coefficient (Wildman–Crippen LogP) is 3.32. The van der Waals surface area contributed by atoms with E-state index in [1.165, 1.54) is 30.5 Å². The fourth-order valence-corrected chi connectivity index (χ4v) is 3.13. The summed E-state index contributed by atoms with van der Waals surface area (Å²) in [5.41, 5.74) is 3.58. The zero-order valence-corrected chi connectivity index (χ0v) is 15.9. The van der Waals surface area contributed by atoms with E-state index in [0.29, 0.717) is 11.4 Å². The third-order valence-corrected chi connectivity index (χ3v) is 4.65. The zero-order chi connectivity index (χ0) is 20.2. The van der Waals surface area contributed by atoms with Gasteiger partial charge in [-0.3, -0.25) is 9.35 Å². The molecule has 0 fully saturated rings. The van der Waals surface area contributed by atoms with Crippen molar-refractivity contribution in [2.24, 2.45) is 0 Å². The van der Waals surface area contributed by atoms with Crippen molar-refractivity contribution in [3.05, 3.63) is 64.9 Å². The highest BCUT2D eigenvalue weighted by atomic mass is 32.2. The van der Waals surface area contributed by atoms with Crippen LogP contribution in [0.4, 0.5) is 11.4 Å². The molecule has 0 heterocycles. The number of benzene rings is 2. The van der Waals surface area contributed by atoms with Crippen molar-refractivity contribution < 1.29 is 17.8 Å². The van der Waals surface area contributed by atoms with Gasteiger partial charge in [-0.25, -0.2) is 0 Å². The Labute approximate surface area is 158 Å². The van der Waals surface area contributed by atoms with Crippen LogP contribution in [0.3, 0.4) is 0 Å². The quantitative estimate of drug-likeness (QED) is 0.413. The number of carbonyl (C=O) groups excluding carboxylic acids is 1. The average molecular weight is 385 g/mol. The van der Waals surface area contributed by atoms with Crippen molar-refractivity contribution in [1.29, 1.82) is 5.26 Å². The van der Waals surface area contributed by atoms with Crippen LogP contribution in [0.5, 0.6) is 0 Å². The van der Waals surface area contributed by atoms with Crippen molar-refractivity contribution in [1.82, 2.24) is 0 Å². The van der Waals surface area contributed by atoms with Gasteiger partial charge in [-0.05, 0) is 50.1 Å². The number of nitrogens with one attached hydrogen (secondary N) is 2. The molecule has 0 atom stereocenters. The Bertz CT molecular complexity index is 1040. The molecule has 1 amide bonds. The number of carbonyl (C=O) groups is 1. The van der Waals surface area contributed by atoms with Crippen LogP contribution in [-0.4, -0.2) is 18.9 Å². The molecule has 0 saturated heterocycles. The molecule has 0 bridgehead atoms. The Morgan fingerprint density at radius 2 is 1.78 bits per heavy atom. The second-order valence-electron chi connectivity index (χ2n) is 6.04. The second kappa shape index (κ2) is 8.03. The molecule has 0 spiro atoms. The summed E-state index contributed by atoms with van der Waals surface area (Å²) in [6.45, 7) is 5.69. The zero-order valence-electron chi connectivity index (χ0n) is 15.1. The lowest BCUT2D eigenvalue weighted by atomic mass is 10.0. The van der Waals surface area contributed by atoms with E-state index in [4.69, 9.17) is 4.55 Å². The number of amides is 1. The summed E-state index contributed by atoms with van der Waals surface area (Å²) in [5, 5.41) is 14.7. The molecule has 140 valence electrons. The van der Waals surface area contributed by atoms with Crippen molar-refractivity contribution in [3.63, 3.8) is 0 Å². The SMILES string of the molecule is Cc1cc(C)c(NC(=O)/C(C#N)=C\Nc2cccc(S(=O)(=O)O)c2)c(C)c1. The number of nitrogens with zero attached hydrogens (tertiary/aromatic N) is 1. The monoisotopic (exact) mass is 385 g/mol. The number of anilines is 2. The van der Waals surface area contributed by atoms with Crippen LogP contribution in [0, 0.1) is 32.1 Å². The van der Waals surface area contributed by atoms with Crippen LogP contribution >= 0.6 is 0 Å². The second-order valence-corrected chi connectivity index (χ2v) is 7.47. The Morgan fingerprint density at radius 3 is 2.33 bits per heavy atom. The van der Waals surface area contributed by atoms with Gasteiger partial charge in [0, 0.05) is 17.6 Å². The van der Waals surface area contributed by atoms with Crippen LogP contribution in [0.2, 0.25) is 0 Å². The van der Waals surface area contributed by atoms with E-state index in [9.17, 15) is 18.5 Å². The molecule has 2 rings (SSSR count). The minimum absolute atomic E-state index is 0.188. The molecular formula is C19H19N3O4S. The highest BCUT2D eigenvalue weighted by Gasteiger charge is 2.13. The molecule has 7 nitrogen and oxygen atoms in total. The summed E-state index contributed by atoms with van der Waals surface area (Å²) in [6, 6.07) is 11.0. The minimum atomic E-state index is -4.34. The number of hydrogen-bond donors (Lipinski definition) is 3. The predicted molar refractivity (Wildman–Crippen MR) is 103 cm³/mol. The van der Waals surface area contributed by atoms with E-state index in [1.54, 1.807) is 6.07 Å². The summed E-state index contributed by atoms with van der Waals surface area (Å²) in [5.74, 6) is -0.592. The van der Waals surface area contributed by atoms with Gasteiger partial charge >= 0.3 is 0 Å². The minimum Gasteiger partial charge on any atom is -0.360 e. The molecule has 2 aromatic rings. The fraction of sp³-hybridized carbons (Fsp3) is 0.158. The first-order valence-corrected chi connectivity index (χ1v) is 9.39. The molecule has 8 heteroatoms. The van der Waals surface area contributed by atoms with Crippen LogP contribution in [0.15, 0.2) is 53.1 Å². The first-order chi connectivity index (χ1) is 12.6. The topological polar surface area (TPSA) is 119 Å². The van der Waals surface area contributed by atoms with Gasteiger partial charge in [0.2, 0.25) is 0 Å². The molecule has 0 aliphatic rings. The maximum atomic E-state index is 12.4. The molecular weight excluding hydrogens is 366 g/mol. The number of rotatable bonds is 5. The Hall–Kier alpha value is -3.15.